The number of nitrogens with one attached hydrogen (secondary N) is 2. The van der Waals surface area contributed by atoms with Crippen molar-refractivity contribution in [1.82, 2.24) is 10.2 Å². The van der Waals surface area contributed by atoms with E-state index in [1.54, 1.807) is 19.1 Å². The summed E-state index contributed by atoms with van der Waals surface area (Å²) in [5.74, 6) is -2.32. The molecule has 184 valence electrons. The summed E-state index contributed by atoms with van der Waals surface area (Å²) >= 11 is 3.67. The van der Waals surface area contributed by atoms with Gasteiger partial charge in [0.05, 0.1) is 30.6 Å². The molecule has 1 aromatic carbocycles. The predicted octanol–water partition coefficient (Wildman–Crippen LogP) is 2.20. The summed E-state index contributed by atoms with van der Waals surface area (Å²) in [6.45, 7) is 1.46. The van der Waals surface area contributed by atoms with E-state index in [0.717, 1.165) is 25.7 Å². The van der Waals surface area contributed by atoms with E-state index in [1.807, 2.05) is 18.2 Å². The Kier molecular flexibility index (Phi) is 6.46. The van der Waals surface area contributed by atoms with Gasteiger partial charge in [-0.15, -0.1) is 0 Å². The highest BCUT2D eigenvalue weighted by atomic mass is 79.9. The van der Waals surface area contributed by atoms with Crippen molar-refractivity contribution in [2.24, 2.45) is 11.8 Å². The second-order valence-electron chi connectivity index (χ2n) is 10.1. The molecule has 0 aromatic heterocycles. The molecular weight excluding hydrogens is 502 g/mol. The SMILES string of the molecule is C[C@H](CO)N1C(=O)[C@@H]2[C@@H](C(=O)Nc3ccccc3)[C@@H]3OC2(CC3Br)C1C(=O)NC1CCCCC1. The molecule has 4 aliphatic rings. The van der Waals surface area contributed by atoms with Gasteiger partial charge in [-0.05, 0) is 38.3 Å². The molecule has 9 heteroatoms. The summed E-state index contributed by atoms with van der Waals surface area (Å²) < 4.78 is 6.47. The van der Waals surface area contributed by atoms with E-state index in [1.165, 1.54) is 11.3 Å². The molecule has 34 heavy (non-hydrogen) atoms. The van der Waals surface area contributed by atoms with Gasteiger partial charge in [-0.1, -0.05) is 53.4 Å². The number of likely N-dealkylation sites (tertiary alicyclic amines) is 1. The van der Waals surface area contributed by atoms with E-state index in [-0.39, 0.29) is 35.2 Å². The Morgan fingerprint density at radius 2 is 1.91 bits per heavy atom. The number of hydrogen-bond acceptors (Lipinski definition) is 5. The van der Waals surface area contributed by atoms with Crippen LogP contribution in [0.25, 0.3) is 0 Å². The molecule has 5 rings (SSSR count). The Balaban J connectivity index is 1.47. The third kappa shape index (κ3) is 3.76. The Bertz CT molecular complexity index is 955. The van der Waals surface area contributed by atoms with E-state index in [4.69, 9.17) is 4.74 Å². The van der Waals surface area contributed by atoms with Crippen molar-refractivity contribution in [3.05, 3.63) is 30.3 Å². The number of fused-ring (bicyclic) bond motifs is 1. The highest BCUT2D eigenvalue weighted by Gasteiger charge is 2.76. The van der Waals surface area contributed by atoms with Crippen molar-refractivity contribution in [2.75, 3.05) is 11.9 Å². The number of carbonyl (C=O) groups is 3. The number of hydrogen-bond donors (Lipinski definition) is 3. The number of halogens is 1. The Hall–Kier alpha value is -1.97. The van der Waals surface area contributed by atoms with Crippen molar-refractivity contribution in [3.63, 3.8) is 0 Å². The first-order valence-corrected chi connectivity index (χ1v) is 13.2. The van der Waals surface area contributed by atoms with Crippen LogP contribution in [0.1, 0.15) is 45.4 Å². The molecule has 3 unspecified atom stereocenters. The number of anilines is 1. The van der Waals surface area contributed by atoms with Gasteiger partial charge in [0.25, 0.3) is 0 Å². The van der Waals surface area contributed by atoms with Gasteiger partial charge in [-0.3, -0.25) is 14.4 Å². The standard InChI is InChI=1S/C25H32BrN3O5/c1-14(13-30)29-21(23(32)28-16-10-6-3-7-11-16)25-12-17(26)20(34-25)18(19(25)24(29)33)22(31)27-15-8-4-2-5-9-15/h2,4-5,8-9,14,16-21,30H,3,6-7,10-13H2,1H3,(H,27,31)(H,28,32)/t14-,17?,18-,19+,20-,21?,25?/m1/s1. The number of alkyl halides is 1. The number of ether oxygens (including phenoxy) is 1. The number of nitrogens with zero attached hydrogens (tertiary/aromatic N) is 1. The van der Waals surface area contributed by atoms with Crippen molar-refractivity contribution >= 4 is 39.3 Å². The first-order valence-electron chi connectivity index (χ1n) is 12.3. The minimum atomic E-state index is -1.10. The molecule has 1 aromatic rings. The van der Waals surface area contributed by atoms with Gasteiger partial charge in [0.1, 0.15) is 11.6 Å². The maximum Gasteiger partial charge on any atom is 0.246 e. The quantitative estimate of drug-likeness (QED) is 0.486. The molecule has 3 amide bonds. The fourth-order valence-electron chi connectivity index (χ4n) is 6.50. The van der Waals surface area contributed by atoms with Crippen LogP contribution in [0.15, 0.2) is 30.3 Å². The maximum atomic E-state index is 13.8. The lowest BCUT2D eigenvalue weighted by molar-refractivity contribution is -0.145. The highest BCUT2D eigenvalue weighted by molar-refractivity contribution is 9.09. The van der Waals surface area contributed by atoms with Crippen LogP contribution >= 0.6 is 15.9 Å². The smallest absolute Gasteiger partial charge is 0.246 e. The van der Waals surface area contributed by atoms with Crippen LogP contribution in [0.3, 0.4) is 0 Å². The molecule has 1 saturated carbocycles. The monoisotopic (exact) mass is 533 g/mol. The lowest BCUT2D eigenvalue weighted by Gasteiger charge is -2.37. The minimum absolute atomic E-state index is 0.0774. The van der Waals surface area contributed by atoms with Gasteiger partial charge < -0.3 is 25.4 Å². The summed E-state index contributed by atoms with van der Waals surface area (Å²) in [7, 11) is 0. The van der Waals surface area contributed by atoms with Crippen LogP contribution in [0.5, 0.6) is 0 Å². The number of rotatable bonds is 6. The molecular formula is C25H32BrN3O5. The average Bonchev–Trinajstić information content (AvgIpc) is 3.43. The second kappa shape index (κ2) is 9.24. The molecule has 8 nitrogen and oxygen atoms in total. The van der Waals surface area contributed by atoms with E-state index in [0.29, 0.717) is 12.1 Å². The Morgan fingerprint density at radius 3 is 2.59 bits per heavy atom. The number of benzene rings is 1. The molecule has 1 aliphatic carbocycles. The van der Waals surface area contributed by atoms with Crippen LogP contribution in [0, 0.1) is 11.8 Å². The number of carbonyl (C=O) groups excluding carboxylic acids is 3. The molecule has 3 aliphatic heterocycles. The fourth-order valence-corrected chi connectivity index (χ4v) is 7.45. The lowest BCUT2D eigenvalue weighted by Crippen LogP contribution is -2.59. The zero-order valence-corrected chi connectivity index (χ0v) is 20.9. The summed E-state index contributed by atoms with van der Waals surface area (Å²) in [6.07, 6.45) is 5.11. The molecule has 7 atom stereocenters. The van der Waals surface area contributed by atoms with E-state index in [9.17, 15) is 19.5 Å². The number of para-hydroxylation sites is 1. The number of aliphatic hydroxyl groups is 1. The summed E-state index contributed by atoms with van der Waals surface area (Å²) in [4.78, 5) is 42.3. The van der Waals surface area contributed by atoms with Crippen molar-refractivity contribution in [3.8, 4) is 0 Å². The number of aliphatic hydroxyl groups excluding tert-OH is 1. The van der Waals surface area contributed by atoms with Crippen LogP contribution in [0.2, 0.25) is 0 Å². The molecule has 1 spiro atoms. The molecule has 3 heterocycles. The van der Waals surface area contributed by atoms with Gasteiger partial charge >= 0.3 is 0 Å². The average molecular weight is 534 g/mol. The minimum Gasteiger partial charge on any atom is -0.394 e. The van der Waals surface area contributed by atoms with E-state index in [2.05, 4.69) is 26.6 Å². The third-order valence-corrected chi connectivity index (χ3v) is 8.85. The summed E-state index contributed by atoms with van der Waals surface area (Å²) in [6, 6.07) is 7.75. The molecule has 3 N–H and O–H groups in total. The predicted molar refractivity (Wildman–Crippen MR) is 129 cm³/mol. The lowest BCUT2D eigenvalue weighted by atomic mass is 9.70. The van der Waals surface area contributed by atoms with Crippen LogP contribution < -0.4 is 10.6 Å². The van der Waals surface area contributed by atoms with Gasteiger partial charge in [0.2, 0.25) is 17.7 Å². The largest absolute Gasteiger partial charge is 0.394 e. The zero-order chi connectivity index (χ0) is 24.0. The van der Waals surface area contributed by atoms with Gasteiger partial charge in [-0.25, -0.2) is 0 Å². The zero-order valence-electron chi connectivity index (χ0n) is 19.3. The van der Waals surface area contributed by atoms with E-state index < -0.39 is 35.6 Å². The molecule has 3 saturated heterocycles. The first-order chi connectivity index (χ1) is 16.4. The van der Waals surface area contributed by atoms with Gasteiger partial charge in [0.15, 0.2) is 0 Å². The fraction of sp³-hybridized carbons (Fsp3) is 0.640. The Morgan fingerprint density at radius 1 is 1.21 bits per heavy atom. The third-order valence-electron chi connectivity index (χ3n) is 8.01. The van der Waals surface area contributed by atoms with Crippen LogP contribution in [-0.4, -0.2) is 69.0 Å². The van der Waals surface area contributed by atoms with Gasteiger partial charge in [-0.2, -0.15) is 0 Å². The summed E-state index contributed by atoms with van der Waals surface area (Å²) in [5, 5.41) is 16.0. The topological polar surface area (TPSA) is 108 Å². The van der Waals surface area contributed by atoms with Gasteiger partial charge in [0, 0.05) is 16.6 Å². The highest BCUT2D eigenvalue weighted by Crippen LogP contribution is 2.60. The normalized spacial score (nSPS) is 35.8. The van der Waals surface area contributed by atoms with Crippen LogP contribution in [-0.2, 0) is 19.1 Å². The second-order valence-corrected chi connectivity index (χ2v) is 11.3. The van der Waals surface area contributed by atoms with Crippen molar-refractivity contribution < 1.29 is 24.2 Å². The number of amides is 3. The van der Waals surface area contributed by atoms with Crippen LogP contribution in [0.4, 0.5) is 5.69 Å². The first kappa shape index (κ1) is 23.8. The van der Waals surface area contributed by atoms with E-state index >= 15 is 0 Å². The molecule has 2 bridgehead atoms. The molecule has 0 radical (unpaired) electrons. The maximum absolute atomic E-state index is 13.8. The Labute approximate surface area is 207 Å². The molecule has 4 fully saturated rings. The van der Waals surface area contributed by atoms with Crippen molar-refractivity contribution in [1.29, 1.82) is 0 Å². The summed E-state index contributed by atoms with van der Waals surface area (Å²) in [5.41, 5.74) is -0.454. The van der Waals surface area contributed by atoms with Crippen molar-refractivity contribution in [2.45, 2.75) is 80.1 Å².